The fraction of sp³-hybridized carbons (Fsp3) is 0.333. The molecule has 0 aromatic heterocycles. The van der Waals surface area contributed by atoms with Gasteiger partial charge < -0.3 is 5.32 Å². The standard InChI is InChI=1S/C6H9NS/c1-5-3-2-4-6(8)7-5/h2-5,7-8H,1H3. The molecule has 1 N–H and O–H groups in total. The van der Waals surface area contributed by atoms with Crippen LogP contribution in [0.5, 0.6) is 0 Å². The van der Waals surface area contributed by atoms with E-state index < -0.39 is 0 Å². The summed E-state index contributed by atoms with van der Waals surface area (Å²) in [4.78, 5) is 0. The topological polar surface area (TPSA) is 12.0 Å². The molecular weight excluding hydrogens is 118 g/mol. The molecule has 1 atom stereocenters. The molecule has 2 heteroatoms. The minimum atomic E-state index is 0.437. The zero-order valence-corrected chi connectivity index (χ0v) is 5.65. The second-order valence-corrected chi connectivity index (χ2v) is 2.35. The summed E-state index contributed by atoms with van der Waals surface area (Å²) in [5, 5.41) is 4.06. The molecule has 0 spiro atoms. The van der Waals surface area contributed by atoms with Crippen molar-refractivity contribution >= 4 is 12.6 Å². The van der Waals surface area contributed by atoms with Crippen molar-refractivity contribution < 1.29 is 0 Å². The third-order valence-corrected chi connectivity index (χ3v) is 1.31. The highest BCUT2D eigenvalue weighted by Crippen LogP contribution is 2.03. The molecule has 0 saturated carbocycles. The van der Waals surface area contributed by atoms with Crippen LogP contribution in [0.3, 0.4) is 0 Å². The van der Waals surface area contributed by atoms with Crippen LogP contribution in [0.2, 0.25) is 0 Å². The van der Waals surface area contributed by atoms with Crippen molar-refractivity contribution in [3.8, 4) is 0 Å². The summed E-state index contributed by atoms with van der Waals surface area (Å²) in [5.41, 5.74) is 0. The summed E-state index contributed by atoms with van der Waals surface area (Å²) in [6.45, 7) is 2.08. The number of nitrogens with one attached hydrogen (secondary N) is 1. The van der Waals surface area contributed by atoms with Crippen LogP contribution in [0.15, 0.2) is 23.3 Å². The molecule has 1 nitrogen and oxygen atoms in total. The van der Waals surface area contributed by atoms with Gasteiger partial charge in [-0.25, -0.2) is 0 Å². The Kier molecular flexibility index (Phi) is 1.63. The van der Waals surface area contributed by atoms with Gasteiger partial charge >= 0.3 is 0 Å². The van der Waals surface area contributed by atoms with E-state index in [9.17, 15) is 0 Å². The van der Waals surface area contributed by atoms with Gasteiger partial charge in [-0.2, -0.15) is 0 Å². The summed E-state index contributed by atoms with van der Waals surface area (Å²) < 4.78 is 0. The highest BCUT2D eigenvalue weighted by molar-refractivity contribution is 7.84. The molecule has 1 aliphatic heterocycles. The lowest BCUT2D eigenvalue weighted by Gasteiger charge is -2.12. The monoisotopic (exact) mass is 127 g/mol. The fourth-order valence-corrected chi connectivity index (χ4v) is 0.933. The van der Waals surface area contributed by atoms with E-state index in [1.54, 1.807) is 0 Å². The van der Waals surface area contributed by atoms with E-state index in [-0.39, 0.29) is 0 Å². The molecule has 1 aliphatic rings. The Bertz CT molecular complexity index is 137. The van der Waals surface area contributed by atoms with Gasteiger partial charge in [-0.15, -0.1) is 12.6 Å². The van der Waals surface area contributed by atoms with Crippen molar-refractivity contribution in [1.29, 1.82) is 0 Å². The van der Waals surface area contributed by atoms with Crippen LogP contribution >= 0.6 is 12.6 Å². The van der Waals surface area contributed by atoms with Gasteiger partial charge in [-0.1, -0.05) is 12.2 Å². The molecule has 44 valence electrons. The Labute approximate surface area is 54.9 Å². The number of hydrogen-bond donors (Lipinski definition) is 2. The molecule has 1 heterocycles. The first kappa shape index (κ1) is 5.76. The maximum Gasteiger partial charge on any atom is 0.0654 e. The zero-order chi connectivity index (χ0) is 5.98. The Morgan fingerprint density at radius 1 is 1.75 bits per heavy atom. The lowest BCUT2D eigenvalue weighted by atomic mass is 10.2. The third kappa shape index (κ3) is 1.30. The van der Waals surface area contributed by atoms with E-state index >= 15 is 0 Å². The molecule has 0 aliphatic carbocycles. The lowest BCUT2D eigenvalue weighted by Crippen LogP contribution is -2.22. The van der Waals surface area contributed by atoms with E-state index in [0.717, 1.165) is 5.03 Å². The Balaban J connectivity index is 2.59. The molecule has 0 saturated heterocycles. The van der Waals surface area contributed by atoms with Crippen LogP contribution in [-0.2, 0) is 0 Å². The average molecular weight is 127 g/mol. The maximum atomic E-state index is 4.12. The summed E-state index contributed by atoms with van der Waals surface area (Å²) >= 11 is 4.12. The molecule has 0 bridgehead atoms. The van der Waals surface area contributed by atoms with Crippen LogP contribution in [-0.4, -0.2) is 6.04 Å². The summed E-state index contributed by atoms with van der Waals surface area (Å²) in [6, 6.07) is 0.437. The minimum absolute atomic E-state index is 0.437. The van der Waals surface area contributed by atoms with E-state index in [1.165, 1.54) is 0 Å². The molecule has 1 unspecified atom stereocenters. The van der Waals surface area contributed by atoms with Crippen molar-refractivity contribution in [3.63, 3.8) is 0 Å². The molecule has 8 heavy (non-hydrogen) atoms. The molecule has 0 aromatic carbocycles. The van der Waals surface area contributed by atoms with E-state index in [1.807, 2.05) is 12.2 Å². The average Bonchev–Trinajstić information content (AvgIpc) is 1.64. The second kappa shape index (κ2) is 2.27. The smallest absolute Gasteiger partial charge is 0.0654 e. The highest BCUT2D eigenvalue weighted by atomic mass is 32.1. The number of hydrogen-bond acceptors (Lipinski definition) is 2. The highest BCUT2D eigenvalue weighted by Gasteiger charge is 1.97. The lowest BCUT2D eigenvalue weighted by molar-refractivity contribution is 0.752. The van der Waals surface area contributed by atoms with Gasteiger partial charge in [0, 0.05) is 6.04 Å². The van der Waals surface area contributed by atoms with E-state index in [4.69, 9.17) is 0 Å². The predicted octanol–water partition coefficient (Wildman–Crippen LogP) is 1.31. The largest absolute Gasteiger partial charge is 0.374 e. The number of thiol groups is 1. The van der Waals surface area contributed by atoms with Gasteiger partial charge in [0.05, 0.1) is 5.03 Å². The van der Waals surface area contributed by atoms with Gasteiger partial charge in [-0.3, -0.25) is 0 Å². The molecule has 0 aromatic rings. The summed E-state index contributed by atoms with van der Waals surface area (Å²) in [5.74, 6) is 0. The molecule has 1 rings (SSSR count). The van der Waals surface area contributed by atoms with E-state index in [2.05, 4.69) is 30.9 Å². The van der Waals surface area contributed by atoms with Crippen LogP contribution < -0.4 is 5.32 Å². The predicted molar refractivity (Wildman–Crippen MR) is 38.8 cm³/mol. The zero-order valence-electron chi connectivity index (χ0n) is 4.76. The number of dihydropyridines is 1. The van der Waals surface area contributed by atoms with Crippen molar-refractivity contribution in [1.82, 2.24) is 5.32 Å². The van der Waals surface area contributed by atoms with Gasteiger partial charge in [0.2, 0.25) is 0 Å². The van der Waals surface area contributed by atoms with Gasteiger partial charge in [0.1, 0.15) is 0 Å². The van der Waals surface area contributed by atoms with Crippen LogP contribution in [0.25, 0.3) is 0 Å². The van der Waals surface area contributed by atoms with Crippen molar-refractivity contribution in [2.24, 2.45) is 0 Å². The van der Waals surface area contributed by atoms with Crippen LogP contribution in [0, 0.1) is 0 Å². The van der Waals surface area contributed by atoms with Crippen LogP contribution in [0.1, 0.15) is 6.92 Å². The molecular formula is C6H9NS. The summed E-state index contributed by atoms with van der Waals surface area (Å²) in [6.07, 6.45) is 6.02. The normalized spacial score (nSPS) is 26.8. The second-order valence-electron chi connectivity index (χ2n) is 1.87. The van der Waals surface area contributed by atoms with Gasteiger partial charge in [-0.05, 0) is 13.0 Å². The van der Waals surface area contributed by atoms with Crippen LogP contribution in [0.4, 0.5) is 0 Å². The first-order chi connectivity index (χ1) is 3.79. The molecule has 0 fully saturated rings. The summed E-state index contributed by atoms with van der Waals surface area (Å²) in [7, 11) is 0. The fourth-order valence-electron chi connectivity index (χ4n) is 0.643. The number of rotatable bonds is 0. The molecule has 0 amide bonds. The van der Waals surface area contributed by atoms with Gasteiger partial charge in [0.15, 0.2) is 0 Å². The Hall–Kier alpha value is -0.370. The quantitative estimate of drug-likeness (QED) is 0.467. The van der Waals surface area contributed by atoms with Crippen molar-refractivity contribution in [3.05, 3.63) is 23.3 Å². The first-order valence-corrected chi connectivity index (χ1v) is 3.08. The van der Waals surface area contributed by atoms with E-state index in [0.29, 0.717) is 6.04 Å². The SMILES string of the molecule is CC1C=CC=C(S)N1. The maximum absolute atomic E-state index is 4.12. The Morgan fingerprint density at radius 3 is 2.88 bits per heavy atom. The number of allylic oxidation sites excluding steroid dienone is 2. The minimum Gasteiger partial charge on any atom is -0.374 e. The van der Waals surface area contributed by atoms with Crippen molar-refractivity contribution in [2.45, 2.75) is 13.0 Å². The van der Waals surface area contributed by atoms with Gasteiger partial charge in [0.25, 0.3) is 0 Å². The van der Waals surface area contributed by atoms with Crippen molar-refractivity contribution in [2.75, 3.05) is 0 Å². The molecule has 0 radical (unpaired) electrons. The Morgan fingerprint density at radius 2 is 2.50 bits per heavy atom. The first-order valence-electron chi connectivity index (χ1n) is 2.63. The third-order valence-electron chi connectivity index (χ3n) is 1.03.